The maximum atomic E-state index is 9.37. The summed E-state index contributed by atoms with van der Waals surface area (Å²) < 4.78 is 11.5. The van der Waals surface area contributed by atoms with Gasteiger partial charge in [-0.05, 0) is 33.6 Å². The number of aliphatic hydroxyl groups excluding tert-OH is 1. The number of anilines is 1. The number of methoxy groups -OCH3 is 1. The van der Waals surface area contributed by atoms with E-state index in [4.69, 9.17) is 9.47 Å². The second-order valence-corrected chi connectivity index (χ2v) is 6.96. The lowest BCUT2D eigenvalue weighted by molar-refractivity contribution is 0.274. The van der Waals surface area contributed by atoms with Gasteiger partial charge in [-0.2, -0.15) is 0 Å². The van der Waals surface area contributed by atoms with Crippen LogP contribution in [-0.2, 0) is 6.61 Å². The Morgan fingerprint density at radius 3 is 2.55 bits per heavy atom. The van der Waals surface area contributed by atoms with Gasteiger partial charge in [-0.1, -0.05) is 27.2 Å². The standard InChI is InChI=1S/C21H32N4O3.CH4/c1-6-7-8-17(9-10-26)25-21-19(12-22-16(4)24-21)28-13-18-15(3)20(27-5)14(2)11-23-18;/h11-12,17,26H,6-10,13H2,1-5H3,(H,22,24,25);1H4/t17-;/m0./s1. The van der Waals surface area contributed by atoms with Gasteiger partial charge >= 0.3 is 0 Å². The van der Waals surface area contributed by atoms with E-state index in [0.717, 1.165) is 41.8 Å². The van der Waals surface area contributed by atoms with Crippen LogP contribution in [0.3, 0.4) is 0 Å². The molecule has 162 valence electrons. The summed E-state index contributed by atoms with van der Waals surface area (Å²) in [7, 11) is 1.66. The Morgan fingerprint density at radius 1 is 1.14 bits per heavy atom. The molecule has 2 heterocycles. The topological polar surface area (TPSA) is 89.4 Å². The van der Waals surface area contributed by atoms with Crippen LogP contribution in [0.25, 0.3) is 0 Å². The molecule has 0 aliphatic carbocycles. The molecule has 0 saturated carbocycles. The Hall–Kier alpha value is -2.41. The van der Waals surface area contributed by atoms with E-state index in [1.54, 1.807) is 19.5 Å². The van der Waals surface area contributed by atoms with Gasteiger partial charge in [-0.3, -0.25) is 4.98 Å². The number of aryl methyl sites for hydroxylation is 2. The fourth-order valence-corrected chi connectivity index (χ4v) is 3.12. The summed E-state index contributed by atoms with van der Waals surface area (Å²) in [6.07, 6.45) is 7.30. The van der Waals surface area contributed by atoms with Crippen LogP contribution in [-0.4, -0.2) is 39.8 Å². The molecule has 7 heteroatoms. The van der Waals surface area contributed by atoms with Gasteiger partial charge in [-0.15, -0.1) is 0 Å². The Morgan fingerprint density at radius 2 is 1.90 bits per heavy atom. The van der Waals surface area contributed by atoms with Crippen molar-refractivity contribution in [2.75, 3.05) is 19.0 Å². The number of rotatable bonds is 11. The van der Waals surface area contributed by atoms with Gasteiger partial charge in [0.1, 0.15) is 18.2 Å². The lowest BCUT2D eigenvalue weighted by Gasteiger charge is -2.20. The number of hydrogen-bond acceptors (Lipinski definition) is 7. The van der Waals surface area contributed by atoms with Crippen LogP contribution in [0.2, 0.25) is 0 Å². The van der Waals surface area contributed by atoms with E-state index in [0.29, 0.717) is 30.4 Å². The fraction of sp³-hybridized carbons (Fsp3) is 0.591. The zero-order chi connectivity index (χ0) is 20.5. The molecular weight excluding hydrogens is 368 g/mol. The SMILES string of the molecule is C.CCCC[C@@H](CCO)Nc1nc(C)ncc1OCc1ncc(C)c(OC)c1C. The fourth-order valence-electron chi connectivity index (χ4n) is 3.12. The summed E-state index contributed by atoms with van der Waals surface area (Å²) >= 11 is 0. The molecule has 0 saturated heterocycles. The van der Waals surface area contributed by atoms with Crippen LogP contribution < -0.4 is 14.8 Å². The summed E-state index contributed by atoms with van der Waals surface area (Å²) in [5.74, 6) is 2.72. The first-order valence-electron chi connectivity index (χ1n) is 9.83. The minimum absolute atomic E-state index is 0. The molecule has 0 fully saturated rings. The monoisotopic (exact) mass is 404 g/mol. The van der Waals surface area contributed by atoms with Gasteiger partial charge < -0.3 is 19.9 Å². The van der Waals surface area contributed by atoms with Crippen molar-refractivity contribution in [1.29, 1.82) is 0 Å². The van der Waals surface area contributed by atoms with Gasteiger partial charge in [-0.25, -0.2) is 9.97 Å². The predicted molar refractivity (Wildman–Crippen MR) is 117 cm³/mol. The highest BCUT2D eigenvalue weighted by molar-refractivity contribution is 5.49. The van der Waals surface area contributed by atoms with Gasteiger partial charge in [0.2, 0.25) is 0 Å². The van der Waals surface area contributed by atoms with Crippen molar-refractivity contribution in [3.63, 3.8) is 0 Å². The molecule has 0 bridgehead atoms. The third-order valence-corrected chi connectivity index (χ3v) is 4.71. The van der Waals surface area contributed by atoms with E-state index in [2.05, 4.69) is 27.2 Å². The van der Waals surface area contributed by atoms with Crippen molar-refractivity contribution in [3.8, 4) is 11.5 Å². The Kier molecular flexibility index (Phi) is 10.4. The number of aromatic nitrogens is 3. The normalized spacial score (nSPS) is 11.5. The smallest absolute Gasteiger partial charge is 0.180 e. The first kappa shape index (κ1) is 24.6. The Bertz CT molecular complexity index is 768. The Labute approximate surface area is 174 Å². The summed E-state index contributed by atoms with van der Waals surface area (Å²) in [6.45, 7) is 8.38. The summed E-state index contributed by atoms with van der Waals surface area (Å²) in [6, 6.07) is 0.140. The van der Waals surface area contributed by atoms with Crippen molar-refractivity contribution >= 4 is 5.82 Å². The van der Waals surface area contributed by atoms with Crippen molar-refractivity contribution in [2.24, 2.45) is 0 Å². The highest BCUT2D eigenvalue weighted by atomic mass is 16.5. The molecule has 0 spiro atoms. The average molecular weight is 405 g/mol. The molecule has 2 aromatic heterocycles. The van der Waals surface area contributed by atoms with E-state index in [9.17, 15) is 5.11 Å². The lowest BCUT2D eigenvalue weighted by Crippen LogP contribution is -2.22. The third kappa shape index (κ3) is 6.85. The number of pyridine rings is 1. The molecule has 1 atom stereocenters. The molecule has 2 N–H and O–H groups in total. The summed E-state index contributed by atoms with van der Waals surface area (Å²) in [5, 5.41) is 12.8. The number of ether oxygens (including phenoxy) is 2. The van der Waals surface area contributed by atoms with E-state index >= 15 is 0 Å². The Balaban J connectivity index is 0.00000420. The lowest BCUT2D eigenvalue weighted by atomic mass is 10.1. The van der Waals surface area contributed by atoms with Gasteiger partial charge in [0, 0.05) is 30.0 Å². The molecule has 29 heavy (non-hydrogen) atoms. The van der Waals surface area contributed by atoms with E-state index in [-0.39, 0.29) is 20.1 Å². The highest BCUT2D eigenvalue weighted by Gasteiger charge is 2.15. The van der Waals surface area contributed by atoms with Crippen LogP contribution in [0.4, 0.5) is 5.82 Å². The minimum atomic E-state index is 0. The van der Waals surface area contributed by atoms with Gasteiger partial charge in [0.15, 0.2) is 11.6 Å². The van der Waals surface area contributed by atoms with Gasteiger partial charge in [0.05, 0.1) is 19.0 Å². The zero-order valence-corrected chi connectivity index (χ0v) is 17.6. The number of unbranched alkanes of at least 4 members (excludes halogenated alkanes) is 1. The average Bonchev–Trinajstić information content (AvgIpc) is 2.67. The largest absolute Gasteiger partial charge is 0.496 e. The van der Waals surface area contributed by atoms with E-state index in [1.165, 1.54) is 0 Å². The predicted octanol–water partition coefficient (Wildman–Crippen LogP) is 4.37. The molecule has 0 aliphatic rings. The molecule has 2 aromatic rings. The van der Waals surface area contributed by atoms with Gasteiger partial charge in [0.25, 0.3) is 0 Å². The van der Waals surface area contributed by atoms with Crippen LogP contribution in [0.5, 0.6) is 11.5 Å². The number of nitrogens with zero attached hydrogens (tertiary/aromatic N) is 3. The van der Waals surface area contributed by atoms with Crippen molar-refractivity contribution in [3.05, 3.63) is 35.0 Å². The first-order valence-corrected chi connectivity index (χ1v) is 9.83. The summed E-state index contributed by atoms with van der Waals surface area (Å²) in [4.78, 5) is 13.3. The molecule has 7 nitrogen and oxygen atoms in total. The second kappa shape index (κ2) is 12.2. The van der Waals surface area contributed by atoms with Crippen LogP contribution in [0, 0.1) is 20.8 Å². The zero-order valence-electron chi connectivity index (χ0n) is 17.6. The third-order valence-electron chi connectivity index (χ3n) is 4.71. The number of hydrogen-bond donors (Lipinski definition) is 2. The number of nitrogens with one attached hydrogen (secondary N) is 1. The van der Waals surface area contributed by atoms with Crippen molar-refractivity contribution < 1.29 is 14.6 Å². The molecule has 0 aromatic carbocycles. The van der Waals surface area contributed by atoms with Crippen molar-refractivity contribution in [2.45, 2.75) is 73.5 Å². The van der Waals surface area contributed by atoms with E-state index < -0.39 is 0 Å². The quantitative estimate of drug-likeness (QED) is 0.574. The van der Waals surface area contributed by atoms with Crippen LogP contribution in [0.1, 0.15) is 62.7 Å². The molecule has 0 radical (unpaired) electrons. The molecule has 0 amide bonds. The molecule has 2 rings (SSSR count). The maximum absolute atomic E-state index is 9.37. The van der Waals surface area contributed by atoms with Crippen molar-refractivity contribution in [1.82, 2.24) is 15.0 Å². The van der Waals surface area contributed by atoms with E-state index in [1.807, 2.05) is 20.8 Å². The highest BCUT2D eigenvalue weighted by Crippen LogP contribution is 2.27. The molecule has 0 aliphatic heterocycles. The second-order valence-electron chi connectivity index (χ2n) is 6.96. The minimum Gasteiger partial charge on any atom is -0.496 e. The first-order chi connectivity index (χ1) is 13.5. The number of aliphatic hydroxyl groups is 1. The maximum Gasteiger partial charge on any atom is 0.180 e. The van der Waals surface area contributed by atoms with Crippen LogP contribution >= 0.6 is 0 Å². The summed E-state index contributed by atoms with van der Waals surface area (Å²) in [5.41, 5.74) is 2.77. The molecule has 0 unspecified atom stereocenters. The molecular formula is C22H36N4O3. The van der Waals surface area contributed by atoms with Crippen LogP contribution in [0.15, 0.2) is 12.4 Å².